The minimum atomic E-state index is -0.313. The van der Waals surface area contributed by atoms with Crippen LogP contribution in [0, 0.1) is 5.82 Å². The molecule has 0 radical (unpaired) electrons. The maximum absolute atomic E-state index is 13.7. The van der Waals surface area contributed by atoms with E-state index in [1.165, 1.54) is 10.7 Å². The minimum absolute atomic E-state index is 0.254. The van der Waals surface area contributed by atoms with Gasteiger partial charge in [-0.2, -0.15) is 4.68 Å². The van der Waals surface area contributed by atoms with Crippen LogP contribution in [-0.2, 0) is 0 Å². The fourth-order valence-corrected chi connectivity index (χ4v) is 2.12. The van der Waals surface area contributed by atoms with Crippen molar-refractivity contribution < 1.29 is 4.39 Å². The van der Waals surface area contributed by atoms with Gasteiger partial charge in [-0.15, -0.1) is 5.10 Å². The topological polar surface area (TPSA) is 55.6 Å². The van der Waals surface area contributed by atoms with Gasteiger partial charge in [0.25, 0.3) is 0 Å². The summed E-state index contributed by atoms with van der Waals surface area (Å²) in [7, 11) is 0. The van der Waals surface area contributed by atoms with Crippen LogP contribution in [-0.4, -0.2) is 33.3 Å². The third kappa shape index (κ3) is 1.80. The largest absolute Gasteiger partial charge is 0.316 e. The average Bonchev–Trinajstić information content (AvgIpc) is 3.00. The summed E-state index contributed by atoms with van der Waals surface area (Å²) >= 11 is 0. The number of aromatic nitrogens is 4. The van der Waals surface area contributed by atoms with E-state index in [0.717, 1.165) is 25.3 Å². The first-order valence-electron chi connectivity index (χ1n) is 5.60. The van der Waals surface area contributed by atoms with Crippen LogP contribution in [0.5, 0.6) is 0 Å². The van der Waals surface area contributed by atoms with Gasteiger partial charge in [-0.05, 0) is 35.5 Å². The molecule has 1 fully saturated rings. The molecule has 0 amide bonds. The second-order valence-corrected chi connectivity index (χ2v) is 4.09. The Bertz CT molecular complexity index is 518. The van der Waals surface area contributed by atoms with Gasteiger partial charge in [0.05, 0.1) is 0 Å². The lowest BCUT2D eigenvalue weighted by Gasteiger charge is -2.09. The highest BCUT2D eigenvalue weighted by atomic mass is 19.1. The number of hydrogen-bond acceptors (Lipinski definition) is 4. The Kier molecular flexibility index (Phi) is 2.56. The number of benzene rings is 1. The number of nitrogens with one attached hydrogen (secondary N) is 1. The molecule has 1 atom stereocenters. The molecule has 1 aromatic heterocycles. The van der Waals surface area contributed by atoms with Crippen LogP contribution >= 0.6 is 0 Å². The van der Waals surface area contributed by atoms with Crippen molar-refractivity contribution in [1.82, 2.24) is 25.5 Å². The third-order valence-corrected chi connectivity index (χ3v) is 3.00. The van der Waals surface area contributed by atoms with Gasteiger partial charge in [-0.1, -0.05) is 12.1 Å². The van der Waals surface area contributed by atoms with Gasteiger partial charge < -0.3 is 5.32 Å². The quantitative estimate of drug-likeness (QED) is 0.836. The lowest BCUT2D eigenvalue weighted by atomic mass is 10.1. The molecule has 3 rings (SSSR count). The number of para-hydroxylation sites is 1. The molecule has 6 heteroatoms. The number of halogens is 1. The monoisotopic (exact) mass is 233 g/mol. The van der Waals surface area contributed by atoms with Gasteiger partial charge in [0.1, 0.15) is 11.5 Å². The van der Waals surface area contributed by atoms with Gasteiger partial charge in [-0.3, -0.25) is 0 Å². The number of rotatable bonds is 2. The first-order valence-corrected chi connectivity index (χ1v) is 5.60. The summed E-state index contributed by atoms with van der Waals surface area (Å²) in [5.41, 5.74) is 0.402. The summed E-state index contributed by atoms with van der Waals surface area (Å²) in [6, 6.07) is 6.52. The van der Waals surface area contributed by atoms with Crippen molar-refractivity contribution in [2.75, 3.05) is 13.1 Å². The summed E-state index contributed by atoms with van der Waals surface area (Å²) in [4.78, 5) is 0. The predicted molar refractivity (Wildman–Crippen MR) is 59.3 cm³/mol. The Morgan fingerprint density at radius 3 is 3.00 bits per heavy atom. The molecule has 1 saturated heterocycles. The molecule has 1 unspecified atom stereocenters. The molecule has 0 spiro atoms. The van der Waals surface area contributed by atoms with Crippen molar-refractivity contribution in [3.05, 3.63) is 35.9 Å². The molecule has 5 nitrogen and oxygen atoms in total. The normalized spacial score (nSPS) is 19.7. The number of tetrazole rings is 1. The molecule has 1 N–H and O–H groups in total. The SMILES string of the molecule is Fc1ccccc1-n1nnnc1C1CCNC1. The minimum Gasteiger partial charge on any atom is -0.316 e. The van der Waals surface area contributed by atoms with E-state index >= 15 is 0 Å². The molecule has 1 aromatic carbocycles. The molecule has 1 aliphatic rings. The zero-order chi connectivity index (χ0) is 11.7. The first kappa shape index (κ1) is 10.3. The average molecular weight is 233 g/mol. The van der Waals surface area contributed by atoms with E-state index in [-0.39, 0.29) is 11.7 Å². The first-order chi connectivity index (χ1) is 8.36. The molecular formula is C11H12FN5. The van der Waals surface area contributed by atoms with Crippen LogP contribution in [0.25, 0.3) is 5.69 Å². The van der Waals surface area contributed by atoms with Crippen LogP contribution in [0.15, 0.2) is 24.3 Å². The summed E-state index contributed by atoms with van der Waals surface area (Å²) < 4.78 is 15.2. The Hall–Kier alpha value is -1.82. The molecule has 2 aromatic rings. The number of hydrogen-bond donors (Lipinski definition) is 1. The molecule has 88 valence electrons. The van der Waals surface area contributed by atoms with E-state index in [4.69, 9.17) is 0 Å². The summed E-state index contributed by atoms with van der Waals surface area (Å²) in [6.07, 6.45) is 0.981. The summed E-state index contributed by atoms with van der Waals surface area (Å²) in [5.74, 6) is 0.664. The van der Waals surface area contributed by atoms with Crippen molar-refractivity contribution >= 4 is 0 Å². The second-order valence-electron chi connectivity index (χ2n) is 4.09. The van der Waals surface area contributed by atoms with Crippen LogP contribution in [0.3, 0.4) is 0 Å². The Labute approximate surface area is 97.6 Å². The molecular weight excluding hydrogens is 221 g/mol. The maximum Gasteiger partial charge on any atom is 0.161 e. The Morgan fingerprint density at radius 1 is 1.35 bits per heavy atom. The van der Waals surface area contributed by atoms with Crippen LogP contribution in [0.2, 0.25) is 0 Å². The molecule has 0 bridgehead atoms. The highest BCUT2D eigenvalue weighted by Crippen LogP contribution is 2.22. The smallest absolute Gasteiger partial charge is 0.161 e. The Balaban J connectivity index is 2.04. The van der Waals surface area contributed by atoms with Crippen molar-refractivity contribution in [2.24, 2.45) is 0 Å². The third-order valence-electron chi connectivity index (χ3n) is 3.00. The highest BCUT2D eigenvalue weighted by Gasteiger charge is 2.24. The number of nitrogens with zero attached hydrogens (tertiary/aromatic N) is 4. The zero-order valence-electron chi connectivity index (χ0n) is 9.17. The molecule has 2 heterocycles. The van der Waals surface area contributed by atoms with Gasteiger partial charge in [0.15, 0.2) is 5.82 Å². The van der Waals surface area contributed by atoms with E-state index in [1.807, 2.05) is 0 Å². The summed E-state index contributed by atoms with van der Waals surface area (Å²) in [5, 5.41) is 14.8. The van der Waals surface area contributed by atoms with Crippen molar-refractivity contribution in [3.63, 3.8) is 0 Å². The molecule has 0 aliphatic carbocycles. The molecule has 0 saturated carbocycles. The fourth-order valence-electron chi connectivity index (χ4n) is 2.12. The summed E-state index contributed by atoms with van der Waals surface area (Å²) in [6.45, 7) is 1.80. The van der Waals surface area contributed by atoms with E-state index in [1.54, 1.807) is 18.2 Å². The van der Waals surface area contributed by atoms with E-state index < -0.39 is 0 Å². The van der Waals surface area contributed by atoms with Gasteiger partial charge in [-0.25, -0.2) is 4.39 Å². The lowest BCUT2D eigenvalue weighted by molar-refractivity contribution is 0.592. The molecule has 1 aliphatic heterocycles. The predicted octanol–water partition coefficient (Wildman–Crippen LogP) is 0.878. The molecule has 17 heavy (non-hydrogen) atoms. The van der Waals surface area contributed by atoms with Crippen molar-refractivity contribution in [2.45, 2.75) is 12.3 Å². The maximum atomic E-state index is 13.7. The zero-order valence-corrected chi connectivity index (χ0v) is 9.17. The van der Waals surface area contributed by atoms with Crippen LogP contribution in [0.4, 0.5) is 4.39 Å². The van der Waals surface area contributed by atoms with Crippen molar-refractivity contribution in [3.8, 4) is 5.69 Å². The van der Waals surface area contributed by atoms with E-state index in [0.29, 0.717) is 5.69 Å². The van der Waals surface area contributed by atoms with Crippen molar-refractivity contribution in [1.29, 1.82) is 0 Å². The van der Waals surface area contributed by atoms with Crippen LogP contribution in [0.1, 0.15) is 18.2 Å². The van der Waals surface area contributed by atoms with Gasteiger partial charge in [0, 0.05) is 12.5 Å². The standard InChI is InChI=1S/C11H12FN5/c12-9-3-1-2-4-10(9)17-11(14-15-16-17)8-5-6-13-7-8/h1-4,8,13H,5-7H2. The Morgan fingerprint density at radius 2 is 2.24 bits per heavy atom. The highest BCUT2D eigenvalue weighted by molar-refractivity contribution is 5.33. The van der Waals surface area contributed by atoms with E-state index in [9.17, 15) is 4.39 Å². The lowest BCUT2D eigenvalue weighted by Crippen LogP contribution is -2.13. The van der Waals surface area contributed by atoms with Gasteiger partial charge >= 0.3 is 0 Å². The van der Waals surface area contributed by atoms with Gasteiger partial charge in [0.2, 0.25) is 0 Å². The second kappa shape index (κ2) is 4.21. The van der Waals surface area contributed by atoms with Crippen LogP contribution < -0.4 is 5.32 Å². The van der Waals surface area contributed by atoms with E-state index in [2.05, 4.69) is 20.8 Å². The fraction of sp³-hybridized carbons (Fsp3) is 0.364.